The maximum Gasteiger partial charge on any atom is 0.241 e. The smallest absolute Gasteiger partial charge is 0.241 e. The zero-order valence-corrected chi connectivity index (χ0v) is 10.8. The van der Waals surface area contributed by atoms with Crippen LogP contribution >= 0.6 is 11.6 Å². The van der Waals surface area contributed by atoms with E-state index in [9.17, 15) is 13.2 Å². The van der Waals surface area contributed by atoms with E-state index in [2.05, 4.69) is 4.72 Å². The number of Topliss-reactive ketones (excluding diaryl/α,β-unsaturated/α-hetero) is 1. The lowest BCUT2D eigenvalue weighted by molar-refractivity contribution is 0.0967. The predicted octanol–water partition coefficient (Wildman–Crippen LogP) is 1.84. The van der Waals surface area contributed by atoms with E-state index in [0.29, 0.717) is 5.56 Å². The molecule has 2 rings (SSSR count). The lowest BCUT2D eigenvalue weighted by Gasteiger charge is -2.07. The van der Waals surface area contributed by atoms with Crippen molar-refractivity contribution in [2.24, 2.45) is 5.92 Å². The standard InChI is InChI=1S/C11H12ClNO3S/c1-13-17(15,16)10-6-8(4-5-9(10)12)11(14)7-2-3-7/h4-7,13H,2-3H2,1H3. The predicted molar refractivity (Wildman–Crippen MR) is 64.8 cm³/mol. The minimum Gasteiger partial charge on any atom is -0.294 e. The summed E-state index contributed by atoms with van der Waals surface area (Å²) in [5.74, 6) is 0.0514. The van der Waals surface area contributed by atoms with Gasteiger partial charge in [-0.3, -0.25) is 4.79 Å². The Balaban J connectivity index is 2.46. The monoisotopic (exact) mass is 273 g/mol. The van der Waals surface area contributed by atoms with Gasteiger partial charge in [0, 0.05) is 11.5 Å². The molecule has 1 N–H and O–H groups in total. The topological polar surface area (TPSA) is 63.2 Å². The molecule has 0 heterocycles. The van der Waals surface area contributed by atoms with Crippen LogP contribution in [-0.2, 0) is 10.0 Å². The Hall–Kier alpha value is -0.910. The molecule has 0 atom stereocenters. The van der Waals surface area contributed by atoms with Gasteiger partial charge in [-0.15, -0.1) is 0 Å². The van der Waals surface area contributed by atoms with E-state index in [1.807, 2.05) is 0 Å². The third kappa shape index (κ3) is 2.51. The molecule has 0 amide bonds. The summed E-state index contributed by atoms with van der Waals surface area (Å²) in [5.41, 5.74) is 0.408. The summed E-state index contributed by atoms with van der Waals surface area (Å²) in [7, 11) is -2.32. The summed E-state index contributed by atoms with van der Waals surface area (Å²) in [6, 6.07) is 4.36. The Morgan fingerprint density at radius 1 is 1.41 bits per heavy atom. The van der Waals surface area contributed by atoms with Crippen molar-refractivity contribution in [3.63, 3.8) is 0 Å². The second kappa shape index (κ2) is 4.40. The summed E-state index contributed by atoms with van der Waals surface area (Å²) < 4.78 is 25.5. The molecule has 17 heavy (non-hydrogen) atoms. The summed E-state index contributed by atoms with van der Waals surface area (Å²) in [6.45, 7) is 0. The average molecular weight is 274 g/mol. The highest BCUT2D eigenvalue weighted by Gasteiger charge is 2.31. The van der Waals surface area contributed by atoms with E-state index in [0.717, 1.165) is 12.8 Å². The number of hydrogen-bond donors (Lipinski definition) is 1. The Kier molecular flexibility index (Phi) is 3.25. The van der Waals surface area contributed by atoms with Crippen molar-refractivity contribution in [3.8, 4) is 0 Å². The van der Waals surface area contributed by atoms with Gasteiger partial charge in [0.05, 0.1) is 5.02 Å². The first kappa shape index (κ1) is 12.5. The minimum absolute atomic E-state index is 0.00535. The number of benzene rings is 1. The van der Waals surface area contributed by atoms with Crippen LogP contribution in [0.3, 0.4) is 0 Å². The summed E-state index contributed by atoms with van der Waals surface area (Å²) in [6.07, 6.45) is 1.77. The normalized spacial score (nSPS) is 15.9. The molecule has 0 aliphatic heterocycles. The fraction of sp³-hybridized carbons (Fsp3) is 0.364. The lowest BCUT2D eigenvalue weighted by atomic mass is 10.1. The number of carbonyl (C=O) groups is 1. The molecular formula is C11H12ClNO3S. The van der Waals surface area contributed by atoms with E-state index < -0.39 is 10.0 Å². The maximum atomic E-state index is 11.8. The van der Waals surface area contributed by atoms with E-state index >= 15 is 0 Å². The van der Waals surface area contributed by atoms with Gasteiger partial charge < -0.3 is 0 Å². The fourth-order valence-corrected chi connectivity index (χ4v) is 2.80. The number of nitrogens with one attached hydrogen (secondary N) is 1. The van der Waals surface area contributed by atoms with Crippen molar-refractivity contribution in [1.82, 2.24) is 4.72 Å². The molecule has 1 aromatic rings. The molecule has 0 radical (unpaired) electrons. The third-order valence-electron chi connectivity index (χ3n) is 2.72. The minimum atomic E-state index is -3.62. The quantitative estimate of drug-likeness (QED) is 0.852. The van der Waals surface area contributed by atoms with Crippen LogP contribution in [0.15, 0.2) is 23.1 Å². The Morgan fingerprint density at radius 3 is 2.59 bits per heavy atom. The van der Waals surface area contributed by atoms with Crippen molar-refractivity contribution in [2.45, 2.75) is 17.7 Å². The zero-order valence-electron chi connectivity index (χ0n) is 9.23. The Bertz CT molecular complexity index is 564. The van der Waals surface area contributed by atoms with Crippen LogP contribution in [0.2, 0.25) is 5.02 Å². The third-order valence-corrected chi connectivity index (χ3v) is 4.62. The zero-order chi connectivity index (χ0) is 12.6. The summed E-state index contributed by atoms with van der Waals surface area (Å²) in [5, 5.41) is 0.117. The highest BCUT2D eigenvalue weighted by Crippen LogP contribution is 2.33. The van der Waals surface area contributed by atoms with Crippen LogP contribution < -0.4 is 4.72 Å². The number of hydrogen-bond acceptors (Lipinski definition) is 3. The van der Waals surface area contributed by atoms with Crippen molar-refractivity contribution in [1.29, 1.82) is 0 Å². The molecule has 1 aliphatic rings. The number of ketones is 1. The fourth-order valence-electron chi connectivity index (χ4n) is 1.55. The van der Waals surface area contributed by atoms with Gasteiger partial charge in [0.25, 0.3) is 0 Å². The second-order valence-electron chi connectivity index (χ2n) is 3.99. The second-order valence-corrected chi connectivity index (χ2v) is 6.25. The molecule has 0 saturated heterocycles. The van der Waals surface area contributed by atoms with E-state index in [4.69, 9.17) is 11.6 Å². The number of carbonyl (C=O) groups excluding carboxylic acids is 1. The van der Waals surface area contributed by atoms with Crippen LogP contribution in [0.4, 0.5) is 0 Å². The molecule has 0 spiro atoms. The van der Waals surface area contributed by atoms with E-state index in [-0.39, 0.29) is 21.6 Å². The lowest BCUT2D eigenvalue weighted by Crippen LogP contribution is -2.19. The van der Waals surface area contributed by atoms with Crippen molar-refractivity contribution in [2.75, 3.05) is 7.05 Å². The number of rotatable bonds is 4. The van der Waals surface area contributed by atoms with Gasteiger partial charge >= 0.3 is 0 Å². The molecule has 1 aliphatic carbocycles. The summed E-state index contributed by atoms with van der Waals surface area (Å²) in [4.78, 5) is 11.8. The first-order valence-electron chi connectivity index (χ1n) is 5.23. The van der Waals surface area contributed by atoms with Crippen molar-refractivity contribution < 1.29 is 13.2 Å². The molecule has 6 heteroatoms. The van der Waals surface area contributed by atoms with Crippen molar-refractivity contribution >= 4 is 27.4 Å². The van der Waals surface area contributed by atoms with Crippen LogP contribution in [0.25, 0.3) is 0 Å². The molecule has 0 unspecified atom stereocenters. The Morgan fingerprint density at radius 2 is 2.06 bits per heavy atom. The van der Waals surface area contributed by atoms with Crippen molar-refractivity contribution in [3.05, 3.63) is 28.8 Å². The molecule has 0 aromatic heterocycles. The maximum absolute atomic E-state index is 11.8. The van der Waals surface area contributed by atoms with E-state index in [1.165, 1.54) is 19.2 Å². The van der Waals surface area contributed by atoms with Crippen LogP contribution in [0.5, 0.6) is 0 Å². The largest absolute Gasteiger partial charge is 0.294 e. The average Bonchev–Trinajstić information content (AvgIpc) is 3.12. The van der Waals surface area contributed by atoms with Gasteiger partial charge in [-0.1, -0.05) is 11.6 Å². The summed E-state index contributed by atoms with van der Waals surface area (Å²) >= 11 is 5.83. The number of sulfonamides is 1. The molecule has 1 saturated carbocycles. The van der Waals surface area contributed by atoms with Crippen LogP contribution in [-0.4, -0.2) is 21.2 Å². The first-order valence-corrected chi connectivity index (χ1v) is 7.09. The molecule has 4 nitrogen and oxygen atoms in total. The highest BCUT2D eigenvalue weighted by atomic mass is 35.5. The molecule has 0 bridgehead atoms. The number of halogens is 1. The van der Waals surface area contributed by atoms with Gasteiger partial charge in [0.15, 0.2) is 5.78 Å². The Labute approximate surface area is 105 Å². The van der Waals surface area contributed by atoms with Gasteiger partial charge in [-0.05, 0) is 38.1 Å². The van der Waals surface area contributed by atoms with Crippen LogP contribution in [0, 0.1) is 5.92 Å². The van der Waals surface area contributed by atoms with Gasteiger partial charge in [0.1, 0.15) is 4.90 Å². The molecule has 1 aromatic carbocycles. The van der Waals surface area contributed by atoms with Gasteiger partial charge in [-0.25, -0.2) is 13.1 Å². The first-order chi connectivity index (χ1) is 7.95. The van der Waals surface area contributed by atoms with E-state index in [1.54, 1.807) is 6.07 Å². The van der Waals surface area contributed by atoms with Gasteiger partial charge in [-0.2, -0.15) is 0 Å². The molecule has 1 fully saturated rings. The molecular weight excluding hydrogens is 262 g/mol. The highest BCUT2D eigenvalue weighted by molar-refractivity contribution is 7.89. The molecule has 92 valence electrons. The van der Waals surface area contributed by atoms with Gasteiger partial charge in [0.2, 0.25) is 10.0 Å². The SMILES string of the molecule is CNS(=O)(=O)c1cc(C(=O)C2CC2)ccc1Cl. The van der Waals surface area contributed by atoms with Crippen LogP contribution in [0.1, 0.15) is 23.2 Å².